The second kappa shape index (κ2) is 4.42. The lowest BCUT2D eigenvalue weighted by Crippen LogP contribution is -2.17. The van der Waals surface area contributed by atoms with E-state index in [1.54, 1.807) is 13.2 Å². The summed E-state index contributed by atoms with van der Waals surface area (Å²) < 4.78 is 5.74. The minimum atomic E-state index is 0.131. The number of halogens is 1. The summed E-state index contributed by atoms with van der Waals surface area (Å²) in [6.07, 6.45) is 5.35. The molecule has 5 rings (SSSR count). The van der Waals surface area contributed by atoms with Gasteiger partial charge in [0.25, 0.3) is 0 Å². The van der Waals surface area contributed by atoms with Gasteiger partial charge in [0, 0.05) is 5.56 Å². The monoisotopic (exact) mass is 290 g/mol. The first kappa shape index (κ1) is 12.6. The van der Waals surface area contributed by atoms with Gasteiger partial charge in [0.15, 0.2) is 0 Å². The van der Waals surface area contributed by atoms with Crippen LogP contribution in [0.2, 0.25) is 5.02 Å². The quantitative estimate of drug-likeness (QED) is 0.814. The minimum Gasteiger partial charge on any atom is -0.506 e. The van der Waals surface area contributed by atoms with Crippen LogP contribution in [0.5, 0.6) is 5.75 Å². The molecule has 3 heteroatoms. The zero-order chi connectivity index (χ0) is 13.9. The number of ether oxygens (including phenoxy) is 1. The van der Waals surface area contributed by atoms with E-state index in [-0.39, 0.29) is 5.75 Å². The molecule has 1 N–H and O–H groups in total. The molecule has 0 spiro atoms. The third-order valence-electron chi connectivity index (χ3n) is 5.53. The molecule has 4 aliphatic rings. The number of hydrogen-bond acceptors (Lipinski definition) is 2. The number of phenols is 1. The van der Waals surface area contributed by atoms with Gasteiger partial charge in [-0.25, -0.2) is 0 Å². The van der Waals surface area contributed by atoms with Crippen molar-refractivity contribution < 1.29 is 9.84 Å². The Kier molecular flexibility index (Phi) is 2.78. The first-order valence-corrected chi connectivity index (χ1v) is 7.82. The maximum absolute atomic E-state index is 9.84. The van der Waals surface area contributed by atoms with Gasteiger partial charge in [-0.3, -0.25) is 0 Å². The van der Waals surface area contributed by atoms with E-state index in [1.807, 2.05) is 12.1 Å². The average molecular weight is 291 g/mol. The van der Waals surface area contributed by atoms with E-state index in [0.29, 0.717) is 16.9 Å². The van der Waals surface area contributed by atoms with Crippen molar-refractivity contribution in [2.75, 3.05) is 7.11 Å². The largest absolute Gasteiger partial charge is 0.506 e. The number of allylic oxidation sites excluding steroid dienone is 1. The van der Waals surface area contributed by atoms with Gasteiger partial charge in [-0.05, 0) is 67.1 Å². The third-order valence-corrected chi connectivity index (χ3v) is 5.92. The zero-order valence-corrected chi connectivity index (χ0v) is 12.4. The Balaban J connectivity index is 1.86. The lowest BCUT2D eigenvalue weighted by molar-refractivity contribution is 0.306. The van der Waals surface area contributed by atoms with Crippen molar-refractivity contribution in [1.29, 1.82) is 0 Å². The van der Waals surface area contributed by atoms with Crippen LogP contribution in [0.4, 0.5) is 0 Å². The number of methoxy groups -OCH3 is 1. The van der Waals surface area contributed by atoms with E-state index in [4.69, 9.17) is 16.3 Å². The highest BCUT2D eigenvalue weighted by Gasteiger charge is 2.52. The number of hydrogen-bond donors (Lipinski definition) is 1. The van der Waals surface area contributed by atoms with Crippen molar-refractivity contribution in [2.24, 2.45) is 23.7 Å². The molecule has 4 saturated carbocycles. The molecule has 1 aromatic carbocycles. The second-order valence-corrected chi connectivity index (χ2v) is 6.88. The summed E-state index contributed by atoms with van der Waals surface area (Å²) >= 11 is 6.28. The van der Waals surface area contributed by atoms with Gasteiger partial charge < -0.3 is 9.84 Å². The molecule has 0 aromatic heterocycles. The highest BCUT2D eigenvalue weighted by molar-refractivity contribution is 6.33. The SMILES string of the molecule is CO/C(=C1\C2CC3CC(C2)C1C3)c1cccc(O)c1Cl. The number of rotatable bonds is 2. The summed E-state index contributed by atoms with van der Waals surface area (Å²) in [6, 6.07) is 5.41. The molecule has 4 atom stereocenters. The van der Waals surface area contributed by atoms with Crippen molar-refractivity contribution in [3.05, 3.63) is 34.4 Å². The Morgan fingerprint density at radius 3 is 2.85 bits per heavy atom. The summed E-state index contributed by atoms with van der Waals surface area (Å²) in [4.78, 5) is 0. The summed E-state index contributed by atoms with van der Waals surface area (Å²) in [6.45, 7) is 0. The second-order valence-electron chi connectivity index (χ2n) is 6.50. The minimum absolute atomic E-state index is 0.131. The summed E-state index contributed by atoms with van der Waals surface area (Å²) in [5, 5.41) is 10.3. The van der Waals surface area contributed by atoms with Gasteiger partial charge in [-0.2, -0.15) is 0 Å². The van der Waals surface area contributed by atoms with Crippen LogP contribution in [0.1, 0.15) is 31.2 Å². The Bertz CT molecular complexity index is 589. The fourth-order valence-corrected chi connectivity index (χ4v) is 5.14. The molecule has 20 heavy (non-hydrogen) atoms. The molecule has 1 aromatic rings. The maximum atomic E-state index is 9.84. The van der Waals surface area contributed by atoms with Crippen molar-refractivity contribution in [2.45, 2.75) is 25.7 Å². The van der Waals surface area contributed by atoms with Crippen LogP contribution in [0.15, 0.2) is 23.8 Å². The number of phenolic OH excluding ortho intramolecular Hbond substituents is 1. The molecule has 4 bridgehead atoms. The van der Waals surface area contributed by atoms with Crippen LogP contribution in [-0.4, -0.2) is 12.2 Å². The van der Waals surface area contributed by atoms with E-state index in [2.05, 4.69) is 0 Å². The molecule has 106 valence electrons. The number of aromatic hydroxyl groups is 1. The molecule has 0 heterocycles. The predicted molar refractivity (Wildman–Crippen MR) is 79.5 cm³/mol. The molecule has 0 radical (unpaired) electrons. The van der Waals surface area contributed by atoms with E-state index in [0.717, 1.165) is 23.2 Å². The van der Waals surface area contributed by atoms with Gasteiger partial charge in [-0.1, -0.05) is 17.7 Å². The summed E-state index contributed by atoms with van der Waals surface area (Å²) in [5.74, 6) is 4.20. The topological polar surface area (TPSA) is 29.5 Å². The Morgan fingerprint density at radius 1 is 1.25 bits per heavy atom. The van der Waals surface area contributed by atoms with E-state index >= 15 is 0 Å². The van der Waals surface area contributed by atoms with Crippen molar-refractivity contribution in [1.82, 2.24) is 0 Å². The van der Waals surface area contributed by atoms with Gasteiger partial charge >= 0.3 is 0 Å². The summed E-state index contributed by atoms with van der Waals surface area (Å²) in [7, 11) is 1.72. The molecule has 4 unspecified atom stereocenters. The van der Waals surface area contributed by atoms with E-state index in [1.165, 1.54) is 31.3 Å². The van der Waals surface area contributed by atoms with E-state index in [9.17, 15) is 5.11 Å². The van der Waals surface area contributed by atoms with Gasteiger partial charge in [-0.15, -0.1) is 0 Å². The Morgan fingerprint density at radius 2 is 2.10 bits per heavy atom. The number of benzene rings is 1. The molecule has 0 amide bonds. The van der Waals surface area contributed by atoms with Crippen molar-refractivity contribution in [3.8, 4) is 5.75 Å². The molecular weight excluding hydrogens is 272 g/mol. The molecule has 4 fully saturated rings. The van der Waals surface area contributed by atoms with Gasteiger partial charge in [0.1, 0.15) is 11.5 Å². The molecule has 0 saturated heterocycles. The van der Waals surface area contributed by atoms with Crippen LogP contribution < -0.4 is 0 Å². The standard InChI is InChI=1S/C17H19ClO2/c1-20-17(12-3-2-4-14(19)16(12)18)15-11-6-9-5-10(8-11)13(15)7-9/h2-4,9-11,13,19H,5-8H2,1H3/b17-15+. The van der Waals surface area contributed by atoms with Crippen LogP contribution >= 0.6 is 11.6 Å². The highest BCUT2D eigenvalue weighted by atomic mass is 35.5. The predicted octanol–water partition coefficient (Wildman–Crippen LogP) is 4.47. The smallest absolute Gasteiger partial charge is 0.134 e. The molecule has 2 nitrogen and oxygen atoms in total. The van der Waals surface area contributed by atoms with Crippen LogP contribution in [0.25, 0.3) is 5.76 Å². The zero-order valence-electron chi connectivity index (χ0n) is 11.6. The first-order valence-electron chi connectivity index (χ1n) is 7.45. The molecular formula is C17H19ClO2. The van der Waals surface area contributed by atoms with Crippen LogP contribution in [-0.2, 0) is 4.74 Å². The fourth-order valence-electron chi connectivity index (χ4n) is 4.93. The van der Waals surface area contributed by atoms with Crippen LogP contribution in [0, 0.1) is 23.7 Å². The van der Waals surface area contributed by atoms with Gasteiger partial charge in [0.2, 0.25) is 0 Å². The maximum Gasteiger partial charge on any atom is 0.134 e. The third kappa shape index (κ3) is 1.64. The average Bonchev–Trinajstić information content (AvgIpc) is 2.85. The van der Waals surface area contributed by atoms with Crippen LogP contribution in [0.3, 0.4) is 0 Å². The highest BCUT2D eigenvalue weighted by Crippen LogP contribution is 2.62. The fraction of sp³-hybridized carbons (Fsp3) is 0.529. The summed E-state index contributed by atoms with van der Waals surface area (Å²) in [5.41, 5.74) is 2.32. The lowest BCUT2D eigenvalue weighted by atomic mass is 9.78. The van der Waals surface area contributed by atoms with Gasteiger partial charge in [0.05, 0.1) is 12.1 Å². The normalized spacial score (nSPS) is 36.5. The van der Waals surface area contributed by atoms with Crippen molar-refractivity contribution in [3.63, 3.8) is 0 Å². The van der Waals surface area contributed by atoms with Crippen molar-refractivity contribution >= 4 is 17.4 Å². The molecule has 0 aliphatic heterocycles. The lowest BCUT2D eigenvalue weighted by Gasteiger charge is -2.29. The Labute approximate surface area is 124 Å². The van der Waals surface area contributed by atoms with E-state index < -0.39 is 0 Å². The molecule has 4 aliphatic carbocycles. The Hall–Kier alpha value is -1.15. The first-order chi connectivity index (χ1) is 9.69.